The summed E-state index contributed by atoms with van der Waals surface area (Å²) in [5, 5.41) is 2.93. The predicted octanol–water partition coefficient (Wildman–Crippen LogP) is 4.32. The second kappa shape index (κ2) is 8.79. The van der Waals surface area contributed by atoms with E-state index < -0.39 is 5.60 Å². The van der Waals surface area contributed by atoms with Gasteiger partial charge in [0.25, 0.3) is 5.91 Å². The molecule has 1 N–H and O–H groups in total. The van der Waals surface area contributed by atoms with Crippen molar-refractivity contribution < 1.29 is 14.3 Å². The van der Waals surface area contributed by atoms with E-state index in [1.165, 1.54) is 0 Å². The third-order valence-electron chi connectivity index (χ3n) is 3.81. The van der Waals surface area contributed by atoms with E-state index in [0.29, 0.717) is 13.0 Å². The maximum Gasteiger partial charge on any atom is 0.256 e. The summed E-state index contributed by atoms with van der Waals surface area (Å²) < 4.78 is 11.3. The van der Waals surface area contributed by atoms with Gasteiger partial charge in [0, 0.05) is 12.3 Å². The highest BCUT2D eigenvalue weighted by Gasteiger charge is 2.31. The normalized spacial score (nSPS) is 13.5. The smallest absolute Gasteiger partial charge is 0.256 e. The third-order valence-corrected chi connectivity index (χ3v) is 3.81. The summed E-state index contributed by atoms with van der Waals surface area (Å²) in [6.45, 7) is 11.0. The predicted molar refractivity (Wildman–Crippen MR) is 90.5 cm³/mol. The van der Waals surface area contributed by atoms with Gasteiger partial charge in [-0.15, -0.1) is 0 Å². The molecule has 0 radical (unpaired) electrons. The van der Waals surface area contributed by atoms with Crippen LogP contribution in [0.4, 0.5) is 5.69 Å². The number of amides is 1. The van der Waals surface area contributed by atoms with Gasteiger partial charge in [-0.2, -0.15) is 0 Å². The fraction of sp³-hybridized carbons (Fsp3) is 0.611. The largest absolute Gasteiger partial charge is 0.493 e. The van der Waals surface area contributed by atoms with Gasteiger partial charge in [0.05, 0.1) is 6.61 Å². The van der Waals surface area contributed by atoms with Gasteiger partial charge in [-0.3, -0.25) is 4.79 Å². The first-order valence-electron chi connectivity index (χ1n) is 8.15. The Morgan fingerprint density at radius 3 is 2.55 bits per heavy atom. The first-order chi connectivity index (χ1) is 10.5. The molecule has 0 fully saturated rings. The fourth-order valence-corrected chi connectivity index (χ4v) is 2.13. The molecular formula is C18H29NO3. The molecule has 0 bridgehead atoms. The summed E-state index contributed by atoms with van der Waals surface area (Å²) in [4.78, 5) is 12.4. The average Bonchev–Trinajstić information content (AvgIpc) is 2.49. The van der Waals surface area contributed by atoms with Crippen LogP contribution in [0.15, 0.2) is 18.2 Å². The Kier molecular flexibility index (Phi) is 7.39. The number of hydrogen-bond donors (Lipinski definition) is 1. The Bertz CT molecular complexity index is 487. The van der Waals surface area contributed by atoms with E-state index in [1.807, 2.05) is 45.9 Å². The van der Waals surface area contributed by atoms with Crippen LogP contribution in [0, 0.1) is 6.92 Å². The van der Waals surface area contributed by atoms with Crippen molar-refractivity contribution in [2.45, 2.75) is 59.5 Å². The summed E-state index contributed by atoms with van der Waals surface area (Å²) in [7, 11) is 0. The highest BCUT2D eigenvalue weighted by atomic mass is 16.5. The second-order valence-corrected chi connectivity index (χ2v) is 5.65. The van der Waals surface area contributed by atoms with Crippen LogP contribution in [-0.2, 0) is 9.53 Å². The van der Waals surface area contributed by atoms with Crippen molar-refractivity contribution in [1.82, 2.24) is 0 Å². The van der Waals surface area contributed by atoms with E-state index in [0.717, 1.165) is 36.4 Å². The summed E-state index contributed by atoms with van der Waals surface area (Å²) >= 11 is 0. The Morgan fingerprint density at radius 1 is 1.27 bits per heavy atom. The number of carbonyl (C=O) groups is 1. The van der Waals surface area contributed by atoms with Crippen molar-refractivity contribution in [3.63, 3.8) is 0 Å². The third kappa shape index (κ3) is 5.02. The monoisotopic (exact) mass is 307 g/mol. The van der Waals surface area contributed by atoms with Gasteiger partial charge in [-0.1, -0.05) is 20.3 Å². The van der Waals surface area contributed by atoms with Crippen LogP contribution in [0.3, 0.4) is 0 Å². The molecular weight excluding hydrogens is 278 g/mol. The standard InChI is InChI=1S/C18H29NO3/c1-6-9-12-21-16-11-10-15(13-14(16)4)19-17(20)18(5,7-2)22-8-3/h10-11,13H,6-9,12H2,1-5H3,(H,19,20). The van der Waals surface area contributed by atoms with Gasteiger partial charge in [0.1, 0.15) is 11.4 Å². The Hall–Kier alpha value is -1.55. The van der Waals surface area contributed by atoms with Gasteiger partial charge in [-0.25, -0.2) is 0 Å². The Morgan fingerprint density at radius 2 is 2.00 bits per heavy atom. The topological polar surface area (TPSA) is 47.6 Å². The van der Waals surface area contributed by atoms with Crippen molar-refractivity contribution in [2.24, 2.45) is 0 Å². The van der Waals surface area contributed by atoms with Crippen LogP contribution >= 0.6 is 0 Å². The van der Waals surface area contributed by atoms with E-state index in [4.69, 9.17) is 9.47 Å². The molecule has 0 heterocycles. The number of hydrogen-bond acceptors (Lipinski definition) is 3. The molecule has 1 amide bonds. The number of unbranched alkanes of at least 4 members (excludes halogenated alkanes) is 1. The zero-order valence-electron chi connectivity index (χ0n) is 14.5. The van der Waals surface area contributed by atoms with Crippen molar-refractivity contribution in [3.05, 3.63) is 23.8 Å². The lowest BCUT2D eigenvalue weighted by Gasteiger charge is -2.26. The van der Waals surface area contributed by atoms with Crippen LogP contribution in [0.1, 0.15) is 52.5 Å². The molecule has 0 aliphatic rings. The number of aryl methyl sites for hydroxylation is 1. The van der Waals surface area contributed by atoms with Crippen LogP contribution in [0.25, 0.3) is 0 Å². The summed E-state index contributed by atoms with van der Waals surface area (Å²) in [6, 6.07) is 5.71. The van der Waals surface area contributed by atoms with Gasteiger partial charge >= 0.3 is 0 Å². The number of carbonyl (C=O) groups excluding carboxylic acids is 1. The molecule has 0 aliphatic heterocycles. The molecule has 0 saturated heterocycles. The Balaban J connectivity index is 2.74. The first kappa shape index (κ1) is 18.5. The first-order valence-corrected chi connectivity index (χ1v) is 8.15. The Labute approximate surface area is 134 Å². The molecule has 1 rings (SSSR count). The number of nitrogens with one attached hydrogen (secondary N) is 1. The number of benzene rings is 1. The summed E-state index contributed by atoms with van der Waals surface area (Å²) in [5.41, 5.74) is 0.993. The molecule has 4 nitrogen and oxygen atoms in total. The zero-order valence-corrected chi connectivity index (χ0v) is 14.5. The van der Waals surface area contributed by atoms with E-state index in [-0.39, 0.29) is 5.91 Å². The molecule has 22 heavy (non-hydrogen) atoms. The number of rotatable bonds is 9. The lowest BCUT2D eigenvalue weighted by Crippen LogP contribution is -2.42. The molecule has 124 valence electrons. The molecule has 1 aromatic carbocycles. The SMILES string of the molecule is CCCCOc1ccc(NC(=O)C(C)(CC)OCC)cc1C. The molecule has 1 unspecified atom stereocenters. The molecule has 0 aromatic heterocycles. The average molecular weight is 307 g/mol. The van der Waals surface area contributed by atoms with Gasteiger partial charge in [0.15, 0.2) is 0 Å². The van der Waals surface area contributed by atoms with E-state index in [9.17, 15) is 4.79 Å². The molecule has 1 aromatic rings. The van der Waals surface area contributed by atoms with Gasteiger partial charge < -0.3 is 14.8 Å². The number of ether oxygens (including phenoxy) is 2. The minimum Gasteiger partial charge on any atom is -0.493 e. The van der Waals surface area contributed by atoms with Crippen LogP contribution in [0.5, 0.6) is 5.75 Å². The van der Waals surface area contributed by atoms with Gasteiger partial charge in [-0.05, 0) is 57.4 Å². The van der Waals surface area contributed by atoms with Gasteiger partial charge in [0.2, 0.25) is 0 Å². The molecule has 1 atom stereocenters. The van der Waals surface area contributed by atoms with Crippen molar-refractivity contribution >= 4 is 11.6 Å². The second-order valence-electron chi connectivity index (χ2n) is 5.65. The highest BCUT2D eigenvalue weighted by Crippen LogP contribution is 2.24. The number of anilines is 1. The molecule has 0 spiro atoms. The van der Waals surface area contributed by atoms with Crippen molar-refractivity contribution in [2.75, 3.05) is 18.5 Å². The van der Waals surface area contributed by atoms with Crippen molar-refractivity contribution in [1.29, 1.82) is 0 Å². The molecule has 4 heteroatoms. The van der Waals surface area contributed by atoms with E-state index in [2.05, 4.69) is 12.2 Å². The summed E-state index contributed by atoms with van der Waals surface area (Å²) in [6.07, 6.45) is 2.78. The maximum absolute atomic E-state index is 12.4. The van der Waals surface area contributed by atoms with Crippen LogP contribution in [0.2, 0.25) is 0 Å². The van der Waals surface area contributed by atoms with Crippen LogP contribution < -0.4 is 10.1 Å². The lowest BCUT2D eigenvalue weighted by atomic mass is 10.0. The van der Waals surface area contributed by atoms with Crippen molar-refractivity contribution in [3.8, 4) is 5.75 Å². The molecule has 0 saturated carbocycles. The summed E-state index contributed by atoms with van der Waals surface area (Å²) in [5.74, 6) is 0.755. The lowest BCUT2D eigenvalue weighted by molar-refractivity contribution is -0.139. The maximum atomic E-state index is 12.4. The minimum absolute atomic E-state index is 0.115. The highest BCUT2D eigenvalue weighted by molar-refractivity contribution is 5.97. The van der Waals surface area contributed by atoms with E-state index >= 15 is 0 Å². The molecule has 0 aliphatic carbocycles. The quantitative estimate of drug-likeness (QED) is 0.691. The minimum atomic E-state index is -0.793. The van der Waals surface area contributed by atoms with Crippen LogP contribution in [-0.4, -0.2) is 24.7 Å². The zero-order chi connectivity index (χ0) is 16.6. The fourth-order valence-electron chi connectivity index (χ4n) is 2.13. The van der Waals surface area contributed by atoms with E-state index in [1.54, 1.807) is 0 Å².